The van der Waals surface area contributed by atoms with Gasteiger partial charge in [0.2, 0.25) is 5.82 Å². The number of benzene rings is 3. The van der Waals surface area contributed by atoms with Gasteiger partial charge in [-0.2, -0.15) is 4.39 Å². The lowest BCUT2D eigenvalue weighted by Crippen LogP contribution is -2.10. The maximum atomic E-state index is 15.1. The zero-order valence-corrected chi connectivity index (χ0v) is 23.4. The van der Waals surface area contributed by atoms with E-state index >= 15 is 4.39 Å². The number of carboxylic acids is 2. The number of hydrogen-bond donors (Lipinski definition) is 2. The maximum Gasteiger partial charge on any atom is 0.323 e. The Morgan fingerprint density at radius 2 is 1.58 bits per heavy atom. The van der Waals surface area contributed by atoms with E-state index in [1.54, 1.807) is 47.9 Å². The van der Waals surface area contributed by atoms with Crippen LogP contribution in [-0.2, 0) is 22.6 Å². The van der Waals surface area contributed by atoms with Gasteiger partial charge in [0.25, 0.3) is 0 Å². The lowest BCUT2D eigenvalue weighted by molar-refractivity contribution is -0.138. The molecule has 0 atom stereocenters. The van der Waals surface area contributed by atoms with Gasteiger partial charge in [-0.05, 0) is 85.0 Å². The molecule has 0 saturated heterocycles. The van der Waals surface area contributed by atoms with Gasteiger partial charge < -0.3 is 24.3 Å². The highest BCUT2D eigenvalue weighted by atomic mass is 19.2. The Balaban J connectivity index is 1.44. The first-order chi connectivity index (χ1) is 20.7. The van der Waals surface area contributed by atoms with E-state index in [0.29, 0.717) is 46.3 Å². The molecule has 4 aromatic rings. The lowest BCUT2D eigenvalue weighted by atomic mass is 10.0. The molecule has 43 heavy (non-hydrogen) atoms. The fourth-order valence-corrected chi connectivity index (χ4v) is 4.74. The van der Waals surface area contributed by atoms with E-state index in [2.05, 4.69) is 0 Å². The zero-order valence-electron chi connectivity index (χ0n) is 23.4. The van der Waals surface area contributed by atoms with Crippen LogP contribution in [-0.4, -0.2) is 39.9 Å². The Morgan fingerprint density at radius 3 is 2.28 bits per heavy atom. The lowest BCUT2D eigenvalue weighted by Gasteiger charge is -2.08. The van der Waals surface area contributed by atoms with E-state index < -0.39 is 29.4 Å². The van der Waals surface area contributed by atoms with Gasteiger partial charge in [-0.1, -0.05) is 30.4 Å². The van der Waals surface area contributed by atoms with Gasteiger partial charge in [0.15, 0.2) is 11.6 Å². The molecule has 0 spiro atoms. The number of carboxylic acid groups (broad SMARTS) is 2. The van der Waals surface area contributed by atoms with Crippen LogP contribution in [0.25, 0.3) is 23.1 Å². The van der Waals surface area contributed by atoms with Crippen LogP contribution in [0, 0.1) is 24.4 Å². The average molecular weight is 594 g/mol. The van der Waals surface area contributed by atoms with Crippen LogP contribution in [0.1, 0.15) is 35.2 Å². The molecule has 1 aromatic heterocycles. The number of rotatable bonds is 14. The van der Waals surface area contributed by atoms with Crippen molar-refractivity contribution in [1.29, 1.82) is 0 Å². The summed E-state index contributed by atoms with van der Waals surface area (Å²) in [4.78, 5) is 22.6. The van der Waals surface area contributed by atoms with Gasteiger partial charge in [0.05, 0.1) is 5.52 Å². The van der Waals surface area contributed by atoms with Crippen LogP contribution in [0.2, 0.25) is 0 Å². The topological polar surface area (TPSA) is 98.0 Å². The van der Waals surface area contributed by atoms with E-state index in [9.17, 15) is 23.5 Å². The molecule has 0 aliphatic rings. The summed E-state index contributed by atoms with van der Waals surface area (Å²) in [7, 11) is 0. The molecular formula is C33H30F3NO6. The predicted molar refractivity (Wildman–Crippen MR) is 157 cm³/mol. The molecule has 0 amide bonds. The second kappa shape index (κ2) is 14.3. The smallest absolute Gasteiger partial charge is 0.323 e. The molecule has 1 heterocycles. The van der Waals surface area contributed by atoms with Crippen molar-refractivity contribution in [2.45, 2.75) is 32.7 Å². The zero-order chi connectivity index (χ0) is 30.9. The number of nitrogens with zero attached hydrogens (tertiary/aromatic N) is 1. The van der Waals surface area contributed by atoms with Crippen LogP contribution < -0.4 is 9.47 Å². The Labute approximate surface area is 246 Å². The van der Waals surface area contributed by atoms with Gasteiger partial charge in [-0.15, -0.1) is 0 Å². The molecule has 4 rings (SSSR count). The Bertz CT molecular complexity index is 1670. The van der Waals surface area contributed by atoms with Crippen LogP contribution in [0.5, 0.6) is 11.5 Å². The van der Waals surface area contributed by atoms with Gasteiger partial charge in [0, 0.05) is 17.5 Å². The summed E-state index contributed by atoms with van der Waals surface area (Å²) in [5.41, 5.74) is 3.08. The Kier molecular flexibility index (Phi) is 10.3. The van der Waals surface area contributed by atoms with Crippen molar-refractivity contribution in [1.82, 2.24) is 4.57 Å². The summed E-state index contributed by atoms with van der Waals surface area (Å²) in [6, 6.07) is 13.8. The Hall–Kier alpha value is -4.99. The van der Waals surface area contributed by atoms with Gasteiger partial charge in [-0.3, -0.25) is 9.59 Å². The number of fused-ring (bicyclic) bond motifs is 1. The fourth-order valence-electron chi connectivity index (χ4n) is 4.74. The third kappa shape index (κ3) is 7.85. The summed E-state index contributed by atoms with van der Waals surface area (Å²) < 4.78 is 54.3. The van der Waals surface area contributed by atoms with Gasteiger partial charge >= 0.3 is 11.9 Å². The van der Waals surface area contributed by atoms with Gasteiger partial charge in [-0.25, -0.2) is 8.78 Å². The molecule has 0 radical (unpaired) electrons. The molecule has 224 valence electrons. The molecule has 0 fully saturated rings. The highest BCUT2D eigenvalue weighted by molar-refractivity contribution is 5.95. The second-order valence-corrected chi connectivity index (χ2v) is 9.70. The van der Waals surface area contributed by atoms with E-state index in [0.717, 1.165) is 11.6 Å². The minimum absolute atomic E-state index is 0.0450. The number of ether oxygens (including phenoxy) is 2. The normalized spacial score (nSPS) is 11.5. The minimum atomic E-state index is -1.07. The molecular weight excluding hydrogens is 563 g/mol. The van der Waals surface area contributed by atoms with Crippen LogP contribution in [0.15, 0.2) is 66.7 Å². The molecule has 0 aliphatic heterocycles. The first-order valence-electron chi connectivity index (χ1n) is 13.5. The van der Waals surface area contributed by atoms with Crippen LogP contribution >= 0.6 is 0 Å². The molecule has 3 aromatic carbocycles. The number of aliphatic carboxylic acids is 2. The quantitative estimate of drug-likeness (QED) is 0.120. The summed E-state index contributed by atoms with van der Waals surface area (Å²) >= 11 is 0. The first kappa shape index (κ1) is 31.0. The molecule has 10 heteroatoms. The number of aryl methyl sites for hydroxylation is 1. The van der Waals surface area contributed by atoms with Crippen molar-refractivity contribution >= 4 is 35.0 Å². The third-order valence-corrected chi connectivity index (χ3v) is 6.78. The van der Waals surface area contributed by atoms with E-state index in [1.807, 2.05) is 18.2 Å². The number of hydrogen-bond acceptors (Lipinski definition) is 4. The van der Waals surface area contributed by atoms with Crippen molar-refractivity contribution in [2.24, 2.45) is 0 Å². The largest absolute Gasteiger partial charge is 0.490 e. The van der Waals surface area contributed by atoms with Crippen molar-refractivity contribution in [3.05, 3.63) is 107 Å². The highest BCUT2D eigenvalue weighted by Gasteiger charge is 2.21. The molecule has 0 aliphatic carbocycles. The standard InChI is InChI=1S/C33H30F3NO6/c1-21-25(6-4-9-29(38)39)31-26(34)17-14-23(33(31)37(21)20-30(40)41)13-10-22-11-15-24(16-12-22)42-18-2-3-19-43-28-8-5-7-27(35)32(28)36/h2-3,5,7-8,10-17H,4,6,9,18-20H2,1H3,(H,38,39)(H,40,41)/b3-2+,13-10?. The second-order valence-electron chi connectivity index (χ2n) is 9.70. The van der Waals surface area contributed by atoms with Gasteiger partial charge in [0.1, 0.15) is 31.3 Å². The van der Waals surface area contributed by atoms with Crippen LogP contribution in [0.4, 0.5) is 13.2 Å². The predicted octanol–water partition coefficient (Wildman–Crippen LogP) is 7.04. The molecule has 7 nitrogen and oxygen atoms in total. The summed E-state index contributed by atoms with van der Waals surface area (Å²) in [6.07, 6.45) is 7.44. The first-order valence-corrected chi connectivity index (χ1v) is 13.5. The van der Waals surface area contributed by atoms with Crippen molar-refractivity contribution < 1.29 is 42.4 Å². The van der Waals surface area contributed by atoms with E-state index in [-0.39, 0.29) is 31.9 Å². The Morgan fingerprint density at radius 1 is 0.860 bits per heavy atom. The average Bonchev–Trinajstić information content (AvgIpc) is 3.24. The van der Waals surface area contributed by atoms with E-state index in [4.69, 9.17) is 14.6 Å². The molecule has 0 saturated carbocycles. The number of aromatic nitrogens is 1. The maximum absolute atomic E-state index is 15.1. The molecule has 0 unspecified atom stereocenters. The van der Waals surface area contributed by atoms with Crippen molar-refractivity contribution in [2.75, 3.05) is 13.2 Å². The number of carbonyl (C=O) groups is 2. The fraction of sp³-hybridized carbons (Fsp3) is 0.212. The molecule has 0 bridgehead atoms. The summed E-state index contributed by atoms with van der Waals surface area (Å²) in [5, 5.41) is 18.8. The SMILES string of the molecule is Cc1c(CCCC(=O)O)c2c(F)ccc(C=Cc3ccc(OC/C=C/COc4cccc(F)c4F)cc3)c2n1CC(=O)O. The number of halogens is 3. The van der Waals surface area contributed by atoms with Crippen LogP contribution in [0.3, 0.4) is 0 Å². The minimum Gasteiger partial charge on any atom is -0.490 e. The van der Waals surface area contributed by atoms with E-state index in [1.165, 1.54) is 18.2 Å². The summed E-state index contributed by atoms with van der Waals surface area (Å²) in [6.45, 7) is 1.63. The highest BCUT2D eigenvalue weighted by Crippen LogP contribution is 2.33. The van der Waals surface area contributed by atoms with Crippen molar-refractivity contribution in [3.8, 4) is 11.5 Å². The monoisotopic (exact) mass is 593 g/mol. The third-order valence-electron chi connectivity index (χ3n) is 6.78. The summed E-state index contributed by atoms with van der Waals surface area (Å²) in [5.74, 6) is -4.10. The molecule has 2 N–H and O–H groups in total. The van der Waals surface area contributed by atoms with Crippen molar-refractivity contribution in [3.63, 3.8) is 0 Å².